The Morgan fingerprint density at radius 2 is 1.44 bits per heavy atom. The minimum Gasteiger partial charge on any atom is -0.478 e. The Morgan fingerprint density at radius 1 is 0.815 bits per heavy atom. The molecule has 0 aliphatic heterocycles. The minimum atomic E-state index is -0.923. The van der Waals surface area contributed by atoms with Gasteiger partial charge in [-0.25, -0.2) is 4.79 Å². The van der Waals surface area contributed by atoms with E-state index in [2.05, 4.69) is 0 Å². The zero-order chi connectivity index (χ0) is 18.8. The van der Waals surface area contributed by atoms with Crippen molar-refractivity contribution in [1.82, 2.24) is 9.13 Å². The predicted octanol–water partition coefficient (Wildman–Crippen LogP) is 3.60. The lowest BCUT2D eigenvalue weighted by molar-refractivity contribution is 0.0699. The maximum absolute atomic E-state index is 11.8. The van der Waals surface area contributed by atoms with Gasteiger partial charge in [0.05, 0.1) is 12.1 Å². The highest BCUT2D eigenvalue weighted by Crippen LogP contribution is 2.22. The highest BCUT2D eigenvalue weighted by molar-refractivity contribution is 6.03. The Hall–Kier alpha value is -3.60. The SMILES string of the molecule is O=C(O)c1cn(Cc2ccc(Cn3ccccc3=O)cc2)c2ccccc12. The van der Waals surface area contributed by atoms with Crippen LogP contribution in [0.15, 0.2) is 83.9 Å². The van der Waals surface area contributed by atoms with Crippen LogP contribution < -0.4 is 5.56 Å². The number of pyridine rings is 1. The van der Waals surface area contributed by atoms with E-state index in [1.165, 1.54) is 0 Å². The Labute approximate surface area is 155 Å². The van der Waals surface area contributed by atoms with Gasteiger partial charge in [-0.05, 0) is 23.3 Å². The van der Waals surface area contributed by atoms with Gasteiger partial charge < -0.3 is 14.2 Å². The summed E-state index contributed by atoms with van der Waals surface area (Å²) in [5, 5.41) is 10.2. The van der Waals surface area contributed by atoms with Gasteiger partial charge in [0.2, 0.25) is 0 Å². The fourth-order valence-corrected chi connectivity index (χ4v) is 3.28. The standard InChI is InChI=1S/C22H18N2O3/c25-21-7-3-4-12-23(21)13-16-8-10-17(11-9-16)14-24-15-19(22(26)27)18-5-1-2-6-20(18)24/h1-12,15H,13-14H2,(H,26,27). The Kier molecular flexibility index (Phi) is 4.34. The van der Waals surface area contributed by atoms with Crippen LogP contribution in [-0.2, 0) is 13.1 Å². The number of aromatic carboxylic acids is 1. The average molecular weight is 358 g/mol. The topological polar surface area (TPSA) is 64.2 Å². The first-order valence-electron chi connectivity index (χ1n) is 8.66. The largest absolute Gasteiger partial charge is 0.478 e. The van der Waals surface area contributed by atoms with Crippen LogP contribution in [0.5, 0.6) is 0 Å². The molecule has 2 aromatic carbocycles. The third-order valence-corrected chi connectivity index (χ3v) is 4.65. The van der Waals surface area contributed by atoms with Crippen molar-refractivity contribution in [1.29, 1.82) is 0 Å². The molecule has 5 nitrogen and oxygen atoms in total. The van der Waals surface area contributed by atoms with Crippen LogP contribution in [0.25, 0.3) is 10.9 Å². The number of carbonyl (C=O) groups is 1. The summed E-state index contributed by atoms with van der Waals surface area (Å²) in [6.07, 6.45) is 3.46. The van der Waals surface area contributed by atoms with E-state index in [1.807, 2.05) is 59.2 Å². The van der Waals surface area contributed by atoms with E-state index >= 15 is 0 Å². The molecule has 0 saturated heterocycles. The zero-order valence-electron chi connectivity index (χ0n) is 14.6. The second-order valence-corrected chi connectivity index (χ2v) is 6.48. The lowest BCUT2D eigenvalue weighted by Crippen LogP contribution is -2.18. The van der Waals surface area contributed by atoms with E-state index < -0.39 is 5.97 Å². The Morgan fingerprint density at radius 3 is 2.11 bits per heavy atom. The monoisotopic (exact) mass is 358 g/mol. The molecule has 2 aromatic heterocycles. The van der Waals surface area contributed by atoms with Crippen LogP contribution >= 0.6 is 0 Å². The normalized spacial score (nSPS) is 11.0. The molecule has 0 aliphatic carbocycles. The van der Waals surface area contributed by atoms with Gasteiger partial charge >= 0.3 is 5.97 Å². The molecule has 0 bridgehead atoms. The van der Waals surface area contributed by atoms with Gasteiger partial charge in [-0.2, -0.15) is 0 Å². The van der Waals surface area contributed by atoms with E-state index in [0.29, 0.717) is 18.7 Å². The Bertz CT molecular complexity index is 1170. The van der Waals surface area contributed by atoms with Crippen LogP contribution in [0.2, 0.25) is 0 Å². The highest BCUT2D eigenvalue weighted by atomic mass is 16.4. The van der Waals surface area contributed by atoms with Gasteiger partial charge in [-0.1, -0.05) is 48.5 Å². The van der Waals surface area contributed by atoms with E-state index in [4.69, 9.17) is 0 Å². The van der Waals surface area contributed by atoms with E-state index in [9.17, 15) is 14.7 Å². The highest BCUT2D eigenvalue weighted by Gasteiger charge is 2.13. The molecule has 1 N–H and O–H groups in total. The molecule has 0 atom stereocenters. The van der Waals surface area contributed by atoms with Crippen molar-refractivity contribution in [2.75, 3.05) is 0 Å². The van der Waals surface area contributed by atoms with Gasteiger partial charge in [0, 0.05) is 35.9 Å². The number of benzene rings is 2. The Balaban J connectivity index is 1.59. The van der Waals surface area contributed by atoms with Gasteiger partial charge in [0.1, 0.15) is 0 Å². The smallest absolute Gasteiger partial charge is 0.337 e. The molecule has 0 spiro atoms. The van der Waals surface area contributed by atoms with Crippen LogP contribution in [0.1, 0.15) is 21.5 Å². The maximum Gasteiger partial charge on any atom is 0.337 e. The second-order valence-electron chi connectivity index (χ2n) is 6.48. The number of hydrogen-bond donors (Lipinski definition) is 1. The first-order valence-corrected chi connectivity index (χ1v) is 8.66. The number of hydrogen-bond acceptors (Lipinski definition) is 2. The number of aromatic nitrogens is 2. The molecule has 2 heterocycles. The zero-order valence-corrected chi connectivity index (χ0v) is 14.6. The second kappa shape index (κ2) is 6.96. The molecule has 27 heavy (non-hydrogen) atoms. The number of carboxylic acids is 1. The summed E-state index contributed by atoms with van der Waals surface area (Å²) in [5.41, 5.74) is 3.29. The lowest BCUT2D eigenvalue weighted by Gasteiger charge is -2.08. The molecule has 0 aliphatic rings. The van der Waals surface area contributed by atoms with E-state index in [0.717, 1.165) is 22.0 Å². The molecule has 134 valence electrons. The van der Waals surface area contributed by atoms with E-state index in [1.54, 1.807) is 29.1 Å². The van der Waals surface area contributed by atoms with Crippen molar-refractivity contribution < 1.29 is 9.90 Å². The average Bonchev–Trinajstić information content (AvgIpc) is 3.04. The van der Waals surface area contributed by atoms with E-state index in [-0.39, 0.29) is 5.56 Å². The summed E-state index contributed by atoms with van der Waals surface area (Å²) < 4.78 is 3.61. The van der Waals surface area contributed by atoms with Gasteiger partial charge in [0.15, 0.2) is 0 Å². The van der Waals surface area contributed by atoms with Crippen molar-refractivity contribution in [3.63, 3.8) is 0 Å². The number of fused-ring (bicyclic) bond motifs is 1. The number of carboxylic acid groups (broad SMARTS) is 1. The fourth-order valence-electron chi connectivity index (χ4n) is 3.28. The van der Waals surface area contributed by atoms with Crippen molar-refractivity contribution in [2.24, 2.45) is 0 Å². The number of para-hydroxylation sites is 1. The maximum atomic E-state index is 11.8. The van der Waals surface area contributed by atoms with Crippen molar-refractivity contribution in [3.8, 4) is 0 Å². The molecular formula is C22H18N2O3. The summed E-state index contributed by atoms with van der Waals surface area (Å²) in [5.74, 6) is -0.923. The van der Waals surface area contributed by atoms with Gasteiger partial charge in [-0.3, -0.25) is 4.79 Å². The first kappa shape index (κ1) is 16.8. The predicted molar refractivity (Wildman–Crippen MR) is 104 cm³/mol. The van der Waals surface area contributed by atoms with Crippen LogP contribution in [0.3, 0.4) is 0 Å². The first-order chi connectivity index (χ1) is 13.1. The van der Waals surface area contributed by atoms with Crippen molar-refractivity contribution in [3.05, 3.63) is 106 Å². The number of nitrogens with zero attached hydrogens (tertiary/aromatic N) is 2. The molecule has 0 amide bonds. The molecule has 0 saturated carbocycles. The van der Waals surface area contributed by atoms with Crippen LogP contribution in [-0.4, -0.2) is 20.2 Å². The van der Waals surface area contributed by atoms with Gasteiger partial charge in [0.25, 0.3) is 5.56 Å². The summed E-state index contributed by atoms with van der Waals surface area (Å²) in [4.78, 5) is 23.3. The summed E-state index contributed by atoms with van der Waals surface area (Å²) >= 11 is 0. The number of rotatable bonds is 5. The molecular weight excluding hydrogens is 340 g/mol. The summed E-state index contributed by atoms with van der Waals surface area (Å²) in [6.45, 7) is 1.11. The molecule has 5 heteroatoms. The third kappa shape index (κ3) is 3.40. The summed E-state index contributed by atoms with van der Waals surface area (Å²) in [7, 11) is 0. The van der Waals surface area contributed by atoms with Crippen LogP contribution in [0.4, 0.5) is 0 Å². The van der Waals surface area contributed by atoms with Crippen molar-refractivity contribution in [2.45, 2.75) is 13.1 Å². The minimum absolute atomic E-state index is 0.0263. The third-order valence-electron chi connectivity index (χ3n) is 4.65. The fraction of sp³-hybridized carbons (Fsp3) is 0.0909. The molecule has 0 radical (unpaired) electrons. The van der Waals surface area contributed by atoms with Crippen molar-refractivity contribution >= 4 is 16.9 Å². The molecule has 0 unspecified atom stereocenters. The molecule has 4 rings (SSSR count). The molecule has 0 fully saturated rings. The summed E-state index contributed by atoms with van der Waals surface area (Å²) in [6, 6.07) is 20.7. The van der Waals surface area contributed by atoms with Crippen LogP contribution in [0, 0.1) is 0 Å². The lowest BCUT2D eigenvalue weighted by atomic mass is 10.1. The quantitative estimate of drug-likeness (QED) is 0.593. The van der Waals surface area contributed by atoms with Gasteiger partial charge in [-0.15, -0.1) is 0 Å². The molecule has 4 aromatic rings.